The van der Waals surface area contributed by atoms with Gasteiger partial charge in [-0.15, -0.1) is 0 Å². The van der Waals surface area contributed by atoms with E-state index in [1.54, 1.807) is 12.5 Å². The molecule has 0 saturated carbocycles. The number of anilines is 1. The highest BCUT2D eigenvalue weighted by molar-refractivity contribution is 7.99. The number of fused-ring (bicyclic) bond motifs is 2. The first-order chi connectivity index (χ1) is 15.2. The molecule has 0 radical (unpaired) electrons. The Morgan fingerprint density at radius 2 is 1.74 bits per heavy atom. The zero-order valence-electron chi connectivity index (χ0n) is 16.9. The van der Waals surface area contributed by atoms with Crippen LogP contribution < -0.4 is 5.32 Å². The van der Waals surface area contributed by atoms with E-state index in [1.807, 2.05) is 65.2 Å². The lowest BCUT2D eigenvalue weighted by Crippen LogP contribution is -2.15. The zero-order valence-corrected chi connectivity index (χ0v) is 17.7. The predicted molar refractivity (Wildman–Crippen MR) is 124 cm³/mol. The Balaban J connectivity index is 1.26. The number of amides is 1. The molecule has 0 fully saturated rings. The van der Waals surface area contributed by atoms with E-state index < -0.39 is 0 Å². The van der Waals surface area contributed by atoms with E-state index in [-0.39, 0.29) is 11.7 Å². The van der Waals surface area contributed by atoms with E-state index in [2.05, 4.69) is 31.8 Å². The van der Waals surface area contributed by atoms with Crippen molar-refractivity contribution < 1.29 is 4.79 Å². The maximum Gasteiger partial charge on any atom is 0.234 e. The van der Waals surface area contributed by atoms with Crippen molar-refractivity contribution in [2.24, 2.45) is 0 Å². The zero-order chi connectivity index (χ0) is 21.2. The highest BCUT2D eigenvalue weighted by atomic mass is 32.2. The van der Waals surface area contributed by atoms with E-state index in [1.165, 1.54) is 11.8 Å². The Labute approximate surface area is 183 Å². The Morgan fingerprint density at radius 3 is 2.52 bits per heavy atom. The molecular formula is C23H20N6OS. The first-order valence-electron chi connectivity index (χ1n) is 9.99. The lowest BCUT2D eigenvalue weighted by molar-refractivity contribution is -0.113. The lowest BCUT2D eigenvalue weighted by atomic mass is 10.3. The third-order valence-electron chi connectivity index (χ3n) is 5.00. The Bertz CT molecular complexity index is 1370. The van der Waals surface area contributed by atoms with Crippen molar-refractivity contribution in [3.05, 3.63) is 73.2 Å². The van der Waals surface area contributed by atoms with Crippen molar-refractivity contribution in [3.63, 3.8) is 0 Å². The molecule has 1 amide bonds. The number of aromatic nitrogens is 5. The fourth-order valence-corrected chi connectivity index (χ4v) is 4.42. The van der Waals surface area contributed by atoms with E-state index in [4.69, 9.17) is 0 Å². The molecular weight excluding hydrogens is 408 g/mol. The molecule has 3 aromatic heterocycles. The number of aryl methyl sites for hydroxylation is 1. The second-order valence-corrected chi connectivity index (χ2v) is 7.92. The van der Waals surface area contributed by atoms with Crippen molar-refractivity contribution in [1.82, 2.24) is 24.1 Å². The summed E-state index contributed by atoms with van der Waals surface area (Å²) in [5.74, 6) is 0.928. The SMILES string of the molecule is CCn1c(SCC(=O)Nc2ccc(-n3cnc4ccccc43)nc2)nc2ccccc21. The molecule has 8 heteroatoms. The average Bonchev–Trinajstić information content (AvgIpc) is 3.39. The van der Waals surface area contributed by atoms with Gasteiger partial charge in [-0.3, -0.25) is 9.36 Å². The highest BCUT2D eigenvalue weighted by Crippen LogP contribution is 2.24. The molecule has 31 heavy (non-hydrogen) atoms. The second kappa shape index (κ2) is 8.23. The van der Waals surface area contributed by atoms with Gasteiger partial charge in [-0.1, -0.05) is 36.0 Å². The molecule has 3 heterocycles. The van der Waals surface area contributed by atoms with Gasteiger partial charge in [0.15, 0.2) is 5.16 Å². The summed E-state index contributed by atoms with van der Waals surface area (Å²) in [5, 5.41) is 3.76. The van der Waals surface area contributed by atoms with E-state index in [0.717, 1.165) is 39.6 Å². The van der Waals surface area contributed by atoms with Crippen molar-refractivity contribution in [1.29, 1.82) is 0 Å². The number of nitrogens with one attached hydrogen (secondary N) is 1. The van der Waals surface area contributed by atoms with E-state index in [0.29, 0.717) is 5.69 Å². The van der Waals surface area contributed by atoms with Crippen LogP contribution in [0, 0.1) is 0 Å². The normalized spacial score (nSPS) is 11.3. The molecule has 2 aromatic carbocycles. The maximum absolute atomic E-state index is 12.5. The number of nitrogens with zero attached hydrogens (tertiary/aromatic N) is 5. The van der Waals surface area contributed by atoms with Gasteiger partial charge in [0.2, 0.25) is 5.91 Å². The molecule has 0 spiro atoms. The minimum absolute atomic E-state index is 0.0951. The van der Waals surface area contributed by atoms with E-state index >= 15 is 0 Å². The van der Waals surface area contributed by atoms with Gasteiger partial charge in [0.25, 0.3) is 0 Å². The second-order valence-electron chi connectivity index (χ2n) is 6.97. The standard InChI is InChI=1S/C23H20N6OS/c1-2-28-20-10-6-4-8-18(20)27-23(28)31-14-22(30)26-16-11-12-21(24-13-16)29-15-25-17-7-3-5-9-19(17)29/h3-13,15H,2,14H2,1H3,(H,26,30). The quantitative estimate of drug-likeness (QED) is 0.402. The first kappa shape index (κ1) is 19.3. The smallest absolute Gasteiger partial charge is 0.234 e. The van der Waals surface area contributed by atoms with Crippen molar-refractivity contribution in [2.75, 3.05) is 11.1 Å². The van der Waals surface area contributed by atoms with Crippen LogP contribution in [0.5, 0.6) is 0 Å². The topological polar surface area (TPSA) is 77.6 Å². The van der Waals surface area contributed by atoms with Crippen LogP contribution in [-0.2, 0) is 11.3 Å². The van der Waals surface area contributed by atoms with Gasteiger partial charge < -0.3 is 9.88 Å². The summed E-state index contributed by atoms with van der Waals surface area (Å²) in [5.41, 5.74) is 4.58. The summed E-state index contributed by atoms with van der Waals surface area (Å²) in [4.78, 5) is 26.0. The maximum atomic E-state index is 12.5. The molecule has 1 N–H and O–H groups in total. The summed E-state index contributed by atoms with van der Waals surface area (Å²) in [6.07, 6.45) is 3.41. The van der Waals surface area contributed by atoms with Crippen LogP contribution in [0.3, 0.4) is 0 Å². The van der Waals surface area contributed by atoms with Crippen LogP contribution >= 0.6 is 11.8 Å². The number of carbonyl (C=O) groups excluding carboxylic acids is 1. The molecule has 5 rings (SSSR count). The van der Waals surface area contributed by atoms with Gasteiger partial charge in [0.05, 0.1) is 39.7 Å². The fraction of sp³-hybridized carbons (Fsp3) is 0.130. The number of pyridine rings is 1. The van der Waals surface area contributed by atoms with Crippen molar-refractivity contribution in [2.45, 2.75) is 18.6 Å². The number of para-hydroxylation sites is 4. The number of hydrogen-bond donors (Lipinski definition) is 1. The molecule has 0 bridgehead atoms. The number of benzene rings is 2. The minimum atomic E-state index is -0.0951. The molecule has 0 aliphatic carbocycles. The number of thioether (sulfide) groups is 1. The Hall–Kier alpha value is -3.65. The molecule has 0 saturated heterocycles. The molecule has 0 aliphatic heterocycles. The molecule has 7 nitrogen and oxygen atoms in total. The third-order valence-corrected chi connectivity index (χ3v) is 5.98. The molecule has 5 aromatic rings. The summed E-state index contributed by atoms with van der Waals surface area (Å²) in [7, 11) is 0. The molecule has 154 valence electrons. The number of carbonyl (C=O) groups is 1. The fourth-order valence-electron chi connectivity index (χ4n) is 3.54. The molecule has 0 atom stereocenters. The monoisotopic (exact) mass is 428 g/mol. The lowest BCUT2D eigenvalue weighted by Gasteiger charge is -2.08. The van der Waals surface area contributed by atoms with Crippen LogP contribution in [0.2, 0.25) is 0 Å². The Kier molecular flexibility index (Phi) is 5.13. The van der Waals surface area contributed by atoms with Crippen LogP contribution in [0.1, 0.15) is 6.92 Å². The van der Waals surface area contributed by atoms with Crippen molar-refractivity contribution in [3.8, 4) is 5.82 Å². The molecule has 0 aliphatic rings. The predicted octanol–water partition coefficient (Wildman–Crippen LogP) is 4.52. The van der Waals surface area contributed by atoms with Gasteiger partial charge in [-0.05, 0) is 43.3 Å². The van der Waals surface area contributed by atoms with E-state index in [9.17, 15) is 4.79 Å². The molecule has 0 unspecified atom stereocenters. The summed E-state index contributed by atoms with van der Waals surface area (Å²) in [6, 6.07) is 19.6. The summed E-state index contributed by atoms with van der Waals surface area (Å²) < 4.78 is 4.05. The van der Waals surface area contributed by atoms with Gasteiger partial charge in [-0.25, -0.2) is 15.0 Å². The summed E-state index contributed by atoms with van der Waals surface area (Å²) in [6.45, 7) is 2.88. The summed E-state index contributed by atoms with van der Waals surface area (Å²) >= 11 is 1.43. The van der Waals surface area contributed by atoms with Gasteiger partial charge in [0.1, 0.15) is 12.1 Å². The number of imidazole rings is 2. The average molecular weight is 429 g/mol. The minimum Gasteiger partial charge on any atom is -0.324 e. The number of hydrogen-bond acceptors (Lipinski definition) is 5. The largest absolute Gasteiger partial charge is 0.324 e. The van der Waals surface area contributed by atoms with Crippen LogP contribution in [0.25, 0.3) is 27.9 Å². The third kappa shape index (κ3) is 3.77. The van der Waals surface area contributed by atoms with Crippen molar-refractivity contribution >= 4 is 45.4 Å². The van der Waals surface area contributed by atoms with Gasteiger partial charge in [-0.2, -0.15) is 0 Å². The van der Waals surface area contributed by atoms with Gasteiger partial charge in [0, 0.05) is 6.54 Å². The highest BCUT2D eigenvalue weighted by Gasteiger charge is 2.12. The van der Waals surface area contributed by atoms with Gasteiger partial charge >= 0.3 is 0 Å². The first-order valence-corrected chi connectivity index (χ1v) is 11.0. The number of rotatable bonds is 6. The van der Waals surface area contributed by atoms with Crippen LogP contribution in [0.15, 0.2) is 78.3 Å². The van der Waals surface area contributed by atoms with Crippen LogP contribution in [0.4, 0.5) is 5.69 Å². The van der Waals surface area contributed by atoms with Crippen LogP contribution in [-0.4, -0.2) is 35.7 Å². The Morgan fingerprint density at radius 1 is 0.968 bits per heavy atom.